The van der Waals surface area contributed by atoms with Crippen LogP contribution in [-0.2, 0) is 14.8 Å². The van der Waals surface area contributed by atoms with Crippen LogP contribution in [0.2, 0.25) is 0 Å². The van der Waals surface area contributed by atoms with Crippen LogP contribution in [0.15, 0.2) is 44.8 Å². The summed E-state index contributed by atoms with van der Waals surface area (Å²) in [6, 6.07) is 8.68. The zero-order chi connectivity index (χ0) is 24.3. The minimum atomic E-state index is -3.71. The zero-order valence-electron chi connectivity index (χ0n) is 19.6. The highest BCUT2D eigenvalue weighted by Crippen LogP contribution is 2.36. The molecule has 0 radical (unpaired) electrons. The van der Waals surface area contributed by atoms with Crippen molar-refractivity contribution in [2.45, 2.75) is 41.8 Å². The van der Waals surface area contributed by atoms with Gasteiger partial charge in [0.05, 0.1) is 10.2 Å². The van der Waals surface area contributed by atoms with Gasteiger partial charge in [0.2, 0.25) is 5.91 Å². The van der Waals surface area contributed by atoms with Gasteiger partial charge in [-0.15, -0.1) is 23.1 Å². The van der Waals surface area contributed by atoms with Crippen LogP contribution in [0, 0.1) is 0 Å². The van der Waals surface area contributed by atoms with Gasteiger partial charge in [0.25, 0.3) is 10.0 Å². The number of para-hydroxylation sites is 1. The molecule has 4 rings (SSSR count). The second-order valence-electron chi connectivity index (χ2n) is 8.03. The summed E-state index contributed by atoms with van der Waals surface area (Å²) in [5.74, 6) is -0.186. The summed E-state index contributed by atoms with van der Waals surface area (Å²) in [7, 11) is -3.71. The molecule has 0 N–H and O–H groups in total. The summed E-state index contributed by atoms with van der Waals surface area (Å²) < 4.78 is 29.3. The van der Waals surface area contributed by atoms with Crippen molar-refractivity contribution in [3.63, 3.8) is 0 Å². The van der Waals surface area contributed by atoms with E-state index in [2.05, 4.69) is 18.7 Å². The minimum absolute atomic E-state index is 0.186. The number of anilines is 1. The Kier molecular flexibility index (Phi) is 8.32. The second kappa shape index (κ2) is 11.0. The largest absolute Gasteiger partial charge is 0.302 e. The zero-order valence-corrected chi connectivity index (χ0v) is 22.9. The van der Waals surface area contributed by atoms with E-state index in [1.165, 1.54) is 27.0 Å². The Labute approximate surface area is 213 Å². The van der Waals surface area contributed by atoms with E-state index in [1.807, 2.05) is 24.5 Å². The van der Waals surface area contributed by atoms with Crippen molar-refractivity contribution in [1.29, 1.82) is 0 Å². The molecular formula is C23H30N4O3S4. The van der Waals surface area contributed by atoms with Crippen molar-refractivity contribution in [3.8, 4) is 0 Å². The summed E-state index contributed by atoms with van der Waals surface area (Å²) in [5, 5.41) is 2.38. The highest BCUT2D eigenvalue weighted by molar-refractivity contribution is 7.98. The van der Waals surface area contributed by atoms with Crippen LogP contribution in [0.25, 0.3) is 10.2 Å². The molecule has 0 spiro atoms. The number of carbonyl (C=O) groups is 1. The van der Waals surface area contributed by atoms with Gasteiger partial charge in [0, 0.05) is 24.5 Å². The van der Waals surface area contributed by atoms with Gasteiger partial charge in [-0.25, -0.2) is 13.4 Å². The fourth-order valence-corrected chi connectivity index (χ4v) is 8.68. The monoisotopic (exact) mass is 538 g/mol. The molecule has 1 amide bonds. The molecule has 2 aromatic heterocycles. The van der Waals surface area contributed by atoms with Gasteiger partial charge in [0.15, 0.2) is 5.13 Å². The van der Waals surface area contributed by atoms with Gasteiger partial charge < -0.3 is 4.90 Å². The lowest BCUT2D eigenvalue weighted by atomic mass is 10.2. The lowest BCUT2D eigenvalue weighted by Crippen LogP contribution is -2.49. The molecule has 1 aliphatic heterocycles. The molecule has 3 heterocycles. The van der Waals surface area contributed by atoms with Crippen molar-refractivity contribution in [2.75, 3.05) is 43.9 Å². The molecule has 7 nitrogen and oxygen atoms in total. The van der Waals surface area contributed by atoms with Crippen LogP contribution in [0.5, 0.6) is 0 Å². The Balaban J connectivity index is 1.69. The lowest BCUT2D eigenvalue weighted by Gasteiger charge is -2.29. The maximum Gasteiger partial charge on any atom is 0.253 e. The van der Waals surface area contributed by atoms with E-state index in [0.29, 0.717) is 37.6 Å². The van der Waals surface area contributed by atoms with Crippen LogP contribution in [0.1, 0.15) is 26.7 Å². The topological polar surface area (TPSA) is 73.8 Å². The quantitative estimate of drug-likeness (QED) is 0.351. The van der Waals surface area contributed by atoms with Crippen LogP contribution in [0.3, 0.4) is 0 Å². The van der Waals surface area contributed by atoms with Gasteiger partial charge in [-0.1, -0.05) is 37.3 Å². The summed E-state index contributed by atoms with van der Waals surface area (Å²) in [6.45, 7) is 7.51. The average Bonchev–Trinajstić information content (AvgIpc) is 3.61. The molecule has 34 heavy (non-hydrogen) atoms. The number of rotatable bonds is 10. The van der Waals surface area contributed by atoms with E-state index in [0.717, 1.165) is 28.2 Å². The first-order chi connectivity index (χ1) is 16.4. The number of benzene rings is 1. The van der Waals surface area contributed by atoms with Crippen LogP contribution >= 0.6 is 34.4 Å². The van der Waals surface area contributed by atoms with Crippen molar-refractivity contribution >= 4 is 65.7 Å². The molecular weight excluding hydrogens is 509 g/mol. The SMILES string of the molecule is CCN(CC)CCN(C(=O)C1CCCN1S(=O)(=O)c1cccs1)c1nc2c(SC)cccc2s1. The van der Waals surface area contributed by atoms with Crippen molar-refractivity contribution < 1.29 is 13.2 Å². The number of amides is 1. The summed E-state index contributed by atoms with van der Waals surface area (Å²) >= 11 is 4.31. The normalized spacial score (nSPS) is 17.1. The Bertz CT molecular complexity index is 1220. The van der Waals surface area contributed by atoms with E-state index < -0.39 is 16.1 Å². The molecule has 184 valence electrons. The number of likely N-dealkylation sites (N-methyl/N-ethyl adjacent to an activating group) is 1. The minimum Gasteiger partial charge on any atom is -0.302 e. The number of hydrogen-bond donors (Lipinski definition) is 0. The standard InChI is InChI=1S/C23H30N4O3S4/c1-4-25(5-2)14-15-26(23-24-21-18(31-3)10-6-11-19(21)33-23)22(28)17-9-7-13-27(17)34(29,30)20-12-8-16-32-20/h6,8,10-12,16-17H,4-5,7,9,13-15H2,1-3H3. The molecule has 0 saturated carbocycles. The summed E-state index contributed by atoms with van der Waals surface area (Å²) in [5.41, 5.74) is 0.894. The highest BCUT2D eigenvalue weighted by atomic mass is 32.2. The Morgan fingerprint density at radius 1 is 1.21 bits per heavy atom. The Morgan fingerprint density at radius 2 is 2.00 bits per heavy atom. The van der Waals surface area contributed by atoms with Gasteiger partial charge in [-0.2, -0.15) is 4.31 Å². The number of hydrogen-bond acceptors (Lipinski definition) is 8. The molecule has 1 atom stereocenters. The van der Waals surface area contributed by atoms with E-state index >= 15 is 0 Å². The number of thioether (sulfide) groups is 1. The van der Waals surface area contributed by atoms with Gasteiger partial charge in [-0.3, -0.25) is 9.69 Å². The first kappa shape index (κ1) is 25.6. The maximum absolute atomic E-state index is 14.0. The van der Waals surface area contributed by atoms with E-state index in [-0.39, 0.29) is 10.1 Å². The van der Waals surface area contributed by atoms with E-state index in [4.69, 9.17) is 4.98 Å². The number of fused-ring (bicyclic) bond motifs is 1. The Morgan fingerprint density at radius 3 is 2.68 bits per heavy atom. The van der Waals surface area contributed by atoms with Crippen molar-refractivity contribution in [1.82, 2.24) is 14.2 Å². The average molecular weight is 539 g/mol. The van der Waals surface area contributed by atoms with Crippen LogP contribution in [-0.4, -0.2) is 73.5 Å². The summed E-state index contributed by atoms with van der Waals surface area (Å²) in [4.78, 5) is 23.9. The van der Waals surface area contributed by atoms with E-state index in [9.17, 15) is 13.2 Å². The predicted octanol–water partition coefficient (Wildman–Crippen LogP) is 4.61. The number of sulfonamides is 1. The molecule has 1 saturated heterocycles. The van der Waals surface area contributed by atoms with Crippen LogP contribution < -0.4 is 4.90 Å². The molecule has 1 aliphatic rings. The van der Waals surface area contributed by atoms with Gasteiger partial charge >= 0.3 is 0 Å². The third-order valence-corrected chi connectivity index (χ3v) is 11.3. The third-order valence-electron chi connectivity index (χ3n) is 6.17. The Hall–Kier alpha value is -1.50. The molecule has 3 aromatic rings. The molecule has 11 heteroatoms. The fraction of sp³-hybridized carbons (Fsp3) is 0.478. The predicted molar refractivity (Wildman–Crippen MR) is 143 cm³/mol. The number of thiophene rings is 1. The molecule has 1 fully saturated rings. The number of aromatic nitrogens is 1. The maximum atomic E-state index is 14.0. The number of thiazole rings is 1. The second-order valence-corrected chi connectivity index (χ2v) is 12.9. The van der Waals surface area contributed by atoms with Crippen molar-refractivity contribution in [3.05, 3.63) is 35.7 Å². The van der Waals surface area contributed by atoms with Crippen molar-refractivity contribution in [2.24, 2.45) is 0 Å². The van der Waals surface area contributed by atoms with Gasteiger partial charge in [0.1, 0.15) is 10.3 Å². The molecule has 1 unspecified atom stereocenters. The first-order valence-electron chi connectivity index (χ1n) is 11.4. The summed E-state index contributed by atoms with van der Waals surface area (Å²) in [6.07, 6.45) is 3.20. The third kappa shape index (κ3) is 5.05. The number of nitrogens with zero attached hydrogens (tertiary/aromatic N) is 4. The number of carbonyl (C=O) groups excluding carboxylic acids is 1. The molecule has 0 bridgehead atoms. The molecule has 1 aromatic carbocycles. The van der Waals surface area contributed by atoms with E-state index in [1.54, 1.807) is 34.2 Å². The van der Waals surface area contributed by atoms with Crippen LogP contribution in [0.4, 0.5) is 5.13 Å². The van der Waals surface area contributed by atoms with Gasteiger partial charge in [-0.05, 0) is 55.8 Å². The first-order valence-corrected chi connectivity index (χ1v) is 15.8. The highest BCUT2D eigenvalue weighted by Gasteiger charge is 2.42. The smallest absolute Gasteiger partial charge is 0.253 e. The molecule has 0 aliphatic carbocycles. The lowest BCUT2D eigenvalue weighted by molar-refractivity contribution is -0.121. The fourth-order valence-electron chi connectivity index (χ4n) is 4.25.